The van der Waals surface area contributed by atoms with Gasteiger partial charge in [0.1, 0.15) is 0 Å². The summed E-state index contributed by atoms with van der Waals surface area (Å²) in [5, 5.41) is 0. The van der Waals surface area contributed by atoms with E-state index in [9.17, 15) is 0 Å². The first-order valence-corrected chi connectivity index (χ1v) is 3.08. The molecule has 0 spiro atoms. The number of hydrogen-bond donors (Lipinski definition) is 0. The summed E-state index contributed by atoms with van der Waals surface area (Å²) in [6.07, 6.45) is 8.59. The molecular weight excluding hydrogens is 155 g/mol. The molecule has 1 aliphatic rings. The van der Waals surface area contributed by atoms with Crippen molar-refractivity contribution in [3.05, 3.63) is 23.8 Å². The Morgan fingerprint density at radius 3 is 2.44 bits per heavy atom. The SMILES string of the molecule is CC(C)C1=[C-]CC=C1.[Ni]. The molecule has 0 fully saturated rings. The molecule has 54 valence electrons. The minimum Gasteiger partial charge on any atom is -0.269 e. The van der Waals surface area contributed by atoms with Gasteiger partial charge < -0.3 is 0 Å². The molecule has 0 nitrogen and oxygen atoms in total. The van der Waals surface area contributed by atoms with Gasteiger partial charge in [-0.3, -0.25) is 6.08 Å². The van der Waals surface area contributed by atoms with E-state index in [0.717, 1.165) is 6.42 Å². The van der Waals surface area contributed by atoms with Crippen molar-refractivity contribution in [1.82, 2.24) is 0 Å². The molecule has 0 bridgehead atoms. The van der Waals surface area contributed by atoms with Gasteiger partial charge in [-0.15, -0.1) is 6.42 Å². The van der Waals surface area contributed by atoms with Crippen molar-refractivity contribution >= 4 is 0 Å². The van der Waals surface area contributed by atoms with Crippen LogP contribution in [0.3, 0.4) is 0 Å². The fraction of sp³-hybridized carbons (Fsp3) is 0.500. The first kappa shape index (κ1) is 8.97. The van der Waals surface area contributed by atoms with Crippen molar-refractivity contribution in [2.24, 2.45) is 5.92 Å². The monoisotopic (exact) mass is 165 g/mol. The molecule has 0 aromatic carbocycles. The summed E-state index contributed by atoms with van der Waals surface area (Å²) in [4.78, 5) is 0. The summed E-state index contributed by atoms with van der Waals surface area (Å²) in [5.41, 5.74) is 1.37. The Hall–Kier alpha value is -0.0265. The Bertz CT molecular complexity index is 132. The van der Waals surface area contributed by atoms with Crippen LogP contribution in [0.4, 0.5) is 0 Å². The molecule has 0 amide bonds. The summed E-state index contributed by atoms with van der Waals surface area (Å²) in [5.74, 6) is 0.661. The molecule has 0 aliphatic heterocycles. The van der Waals surface area contributed by atoms with Crippen molar-refractivity contribution < 1.29 is 16.5 Å². The molecule has 0 aromatic rings. The van der Waals surface area contributed by atoms with Crippen molar-refractivity contribution in [2.75, 3.05) is 0 Å². The van der Waals surface area contributed by atoms with E-state index in [0.29, 0.717) is 5.92 Å². The van der Waals surface area contributed by atoms with Crippen LogP contribution in [0.5, 0.6) is 0 Å². The maximum absolute atomic E-state index is 3.26. The quantitative estimate of drug-likeness (QED) is 0.414. The Balaban J connectivity index is 0.000000640. The molecule has 0 saturated heterocycles. The summed E-state index contributed by atoms with van der Waals surface area (Å²) < 4.78 is 0. The molecule has 9 heavy (non-hydrogen) atoms. The van der Waals surface area contributed by atoms with Crippen LogP contribution in [0.1, 0.15) is 20.3 Å². The molecule has 0 radical (unpaired) electrons. The Morgan fingerprint density at radius 2 is 2.22 bits per heavy atom. The van der Waals surface area contributed by atoms with Crippen LogP contribution in [0, 0.1) is 12.0 Å². The van der Waals surface area contributed by atoms with Gasteiger partial charge in [-0.1, -0.05) is 19.8 Å². The molecule has 1 aliphatic carbocycles. The van der Waals surface area contributed by atoms with Gasteiger partial charge in [0.15, 0.2) is 0 Å². The summed E-state index contributed by atoms with van der Waals surface area (Å²) in [7, 11) is 0. The maximum Gasteiger partial charge on any atom is 0 e. The van der Waals surface area contributed by atoms with Crippen molar-refractivity contribution in [2.45, 2.75) is 20.3 Å². The molecule has 0 heterocycles. The smallest absolute Gasteiger partial charge is 0 e. The molecule has 1 heteroatoms. The van der Waals surface area contributed by atoms with Crippen molar-refractivity contribution in [3.8, 4) is 0 Å². The minimum absolute atomic E-state index is 0. The zero-order chi connectivity index (χ0) is 5.98. The van der Waals surface area contributed by atoms with Crippen LogP contribution < -0.4 is 0 Å². The van der Waals surface area contributed by atoms with E-state index < -0.39 is 0 Å². The van der Waals surface area contributed by atoms with Crippen molar-refractivity contribution in [3.63, 3.8) is 0 Å². The zero-order valence-electron chi connectivity index (χ0n) is 5.76. The van der Waals surface area contributed by atoms with Gasteiger partial charge in [0.2, 0.25) is 0 Å². The molecule has 0 atom stereocenters. The maximum atomic E-state index is 3.26. The average Bonchev–Trinajstić information content (AvgIpc) is 2.12. The van der Waals surface area contributed by atoms with Gasteiger partial charge in [0.25, 0.3) is 0 Å². The molecule has 0 N–H and O–H groups in total. The van der Waals surface area contributed by atoms with Gasteiger partial charge in [0.05, 0.1) is 0 Å². The minimum atomic E-state index is 0. The molecule has 1 rings (SSSR count). The van der Waals surface area contributed by atoms with E-state index in [1.807, 2.05) is 0 Å². The second-order valence-electron chi connectivity index (χ2n) is 2.39. The first-order chi connectivity index (χ1) is 3.80. The zero-order valence-corrected chi connectivity index (χ0v) is 6.74. The Labute approximate surface area is 67.0 Å². The Kier molecular flexibility index (Phi) is 3.89. The van der Waals surface area contributed by atoms with Gasteiger partial charge in [-0.2, -0.15) is 6.08 Å². The summed E-state index contributed by atoms with van der Waals surface area (Å²) in [6.45, 7) is 4.38. The topological polar surface area (TPSA) is 0 Å². The normalized spacial score (nSPS) is 15.7. The van der Waals surface area contributed by atoms with Gasteiger partial charge in [-0.25, -0.2) is 11.6 Å². The summed E-state index contributed by atoms with van der Waals surface area (Å²) in [6, 6.07) is 0. The fourth-order valence-electron chi connectivity index (χ4n) is 0.818. The largest absolute Gasteiger partial charge is 0.269 e. The molecule has 0 aromatic heterocycles. The van der Waals surface area contributed by atoms with E-state index in [1.165, 1.54) is 5.57 Å². The Morgan fingerprint density at radius 1 is 1.56 bits per heavy atom. The number of allylic oxidation sites excluding steroid dienone is 4. The van der Waals surface area contributed by atoms with Crippen LogP contribution in [-0.4, -0.2) is 0 Å². The second kappa shape index (κ2) is 3.90. The number of rotatable bonds is 1. The van der Waals surface area contributed by atoms with Crippen LogP contribution in [0.2, 0.25) is 0 Å². The van der Waals surface area contributed by atoms with E-state index >= 15 is 0 Å². The second-order valence-corrected chi connectivity index (χ2v) is 2.39. The van der Waals surface area contributed by atoms with E-state index in [-0.39, 0.29) is 16.5 Å². The van der Waals surface area contributed by atoms with Gasteiger partial charge in [-0.05, 0) is 0 Å². The van der Waals surface area contributed by atoms with E-state index in [1.54, 1.807) is 0 Å². The van der Waals surface area contributed by atoms with Gasteiger partial charge >= 0.3 is 0 Å². The van der Waals surface area contributed by atoms with Gasteiger partial charge in [0, 0.05) is 16.5 Å². The van der Waals surface area contributed by atoms with E-state index in [2.05, 4.69) is 32.1 Å². The fourth-order valence-corrected chi connectivity index (χ4v) is 0.818. The summed E-state index contributed by atoms with van der Waals surface area (Å²) >= 11 is 0. The van der Waals surface area contributed by atoms with E-state index in [4.69, 9.17) is 0 Å². The third-order valence-corrected chi connectivity index (χ3v) is 1.34. The standard InChI is InChI=1S/C8H11.Ni/c1-7(2)8-5-3-4-6-8;/h3,5,7H,4H2,1-2H3;/q-1;. The van der Waals surface area contributed by atoms with Crippen LogP contribution in [0.25, 0.3) is 0 Å². The van der Waals surface area contributed by atoms with Crippen LogP contribution in [0.15, 0.2) is 17.7 Å². The third-order valence-electron chi connectivity index (χ3n) is 1.34. The molecule has 0 saturated carbocycles. The third kappa shape index (κ3) is 2.36. The molecular formula is C8H11Ni-. The molecule has 0 unspecified atom stereocenters. The predicted molar refractivity (Wildman–Crippen MR) is 35.4 cm³/mol. The van der Waals surface area contributed by atoms with Crippen LogP contribution in [-0.2, 0) is 16.5 Å². The van der Waals surface area contributed by atoms with Crippen LogP contribution >= 0.6 is 0 Å². The first-order valence-electron chi connectivity index (χ1n) is 3.08. The number of hydrogen-bond acceptors (Lipinski definition) is 0. The average molecular weight is 166 g/mol. The van der Waals surface area contributed by atoms with Crippen molar-refractivity contribution in [1.29, 1.82) is 0 Å². The predicted octanol–water partition coefficient (Wildman–Crippen LogP) is 2.33.